The van der Waals surface area contributed by atoms with Gasteiger partial charge in [0.05, 0.1) is 12.2 Å². The minimum Gasteiger partial charge on any atom is -0.317 e. The van der Waals surface area contributed by atoms with E-state index in [9.17, 15) is 4.79 Å². The molecular formula is C13H15BrN4OS. The van der Waals surface area contributed by atoms with Crippen LogP contribution in [0.4, 0.5) is 0 Å². The summed E-state index contributed by atoms with van der Waals surface area (Å²) in [6.07, 6.45) is 4.26. The Kier molecular flexibility index (Phi) is 4.28. The third-order valence-electron chi connectivity index (χ3n) is 3.44. The molecule has 3 rings (SSSR count). The maximum atomic E-state index is 12.2. The molecule has 0 spiro atoms. The van der Waals surface area contributed by atoms with Crippen LogP contribution in [-0.4, -0.2) is 33.9 Å². The first kappa shape index (κ1) is 13.9. The highest BCUT2D eigenvalue weighted by Gasteiger charge is 2.19. The lowest BCUT2D eigenvalue weighted by molar-refractivity contribution is 0.0989. The van der Waals surface area contributed by atoms with E-state index < -0.39 is 0 Å². The zero-order chi connectivity index (χ0) is 13.9. The molecule has 0 radical (unpaired) electrons. The maximum absolute atomic E-state index is 12.2. The molecule has 5 nitrogen and oxygen atoms in total. The highest BCUT2D eigenvalue weighted by Crippen LogP contribution is 2.21. The summed E-state index contributed by atoms with van der Waals surface area (Å²) in [5.41, 5.74) is 0.466. The van der Waals surface area contributed by atoms with Crippen LogP contribution in [0.15, 0.2) is 22.1 Å². The van der Waals surface area contributed by atoms with Crippen LogP contribution in [0.5, 0.6) is 0 Å². The van der Waals surface area contributed by atoms with E-state index >= 15 is 0 Å². The number of halogens is 1. The molecule has 106 valence electrons. The number of carbonyl (C=O) groups is 1. The van der Waals surface area contributed by atoms with Crippen LogP contribution in [0.3, 0.4) is 0 Å². The summed E-state index contributed by atoms with van der Waals surface area (Å²) < 4.78 is 2.86. The quantitative estimate of drug-likeness (QED) is 0.856. The molecular weight excluding hydrogens is 340 g/mol. The molecule has 1 fully saturated rings. The van der Waals surface area contributed by atoms with Crippen LogP contribution in [0.2, 0.25) is 0 Å². The molecule has 3 heterocycles. The van der Waals surface area contributed by atoms with Crippen LogP contribution in [0, 0.1) is 0 Å². The van der Waals surface area contributed by atoms with Gasteiger partial charge in [-0.25, -0.2) is 4.68 Å². The van der Waals surface area contributed by atoms with Crippen LogP contribution < -0.4 is 5.32 Å². The molecule has 1 aliphatic rings. The van der Waals surface area contributed by atoms with Gasteiger partial charge in [-0.15, -0.1) is 16.4 Å². The molecule has 7 heteroatoms. The first-order valence-corrected chi connectivity index (χ1v) is 8.28. The predicted octanol–water partition coefficient (Wildman–Crippen LogP) is 2.45. The van der Waals surface area contributed by atoms with E-state index in [0.29, 0.717) is 18.2 Å². The topological polar surface area (TPSA) is 59.8 Å². The van der Waals surface area contributed by atoms with Gasteiger partial charge < -0.3 is 5.32 Å². The number of Topliss-reactive ketones (excluding diaryl/α,β-unsaturated/α-hetero) is 1. The zero-order valence-corrected chi connectivity index (χ0v) is 13.3. The molecule has 1 saturated heterocycles. The van der Waals surface area contributed by atoms with E-state index in [1.54, 1.807) is 17.5 Å². The molecule has 0 aromatic carbocycles. The third kappa shape index (κ3) is 3.16. The number of aromatic nitrogens is 3. The largest absolute Gasteiger partial charge is 0.317 e. The summed E-state index contributed by atoms with van der Waals surface area (Å²) in [6, 6.07) is 2.33. The minimum atomic E-state index is 0.0273. The summed E-state index contributed by atoms with van der Waals surface area (Å²) in [5.74, 6) is 0.0273. The van der Waals surface area contributed by atoms with E-state index in [0.717, 1.165) is 35.3 Å². The predicted molar refractivity (Wildman–Crippen MR) is 81.2 cm³/mol. The Morgan fingerprint density at radius 1 is 1.50 bits per heavy atom. The van der Waals surface area contributed by atoms with Gasteiger partial charge in [0.25, 0.3) is 0 Å². The second-order valence-electron chi connectivity index (χ2n) is 4.90. The van der Waals surface area contributed by atoms with Crippen LogP contribution in [0.25, 0.3) is 0 Å². The molecule has 0 bridgehead atoms. The second-order valence-corrected chi connectivity index (χ2v) is 6.81. The van der Waals surface area contributed by atoms with Crippen molar-refractivity contribution in [3.8, 4) is 0 Å². The van der Waals surface area contributed by atoms with Crippen molar-refractivity contribution in [1.82, 2.24) is 20.3 Å². The van der Waals surface area contributed by atoms with Crippen LogP contribution >= 0.6 is 27.3 Å². The van der Waals surface area contributed by atoms with Crippen molar-refractivity contribution in [2.45, 2.75) is 25.3 Å². The number of ketones is 1. The molecule has 20 heavy (non-hydrogen) atoms. The van der Waals surface area contributed by atoms with Crippen molar-refractivity contribution in [2.75, 3.05) is 13.1 Å². The van der Waals surface area contributed by atoms with E-state index in [4.69, 9.17) is 0 Å². The molecule has 0 unspecified atom stereocenters. The molecule has 0 amide bonds. The van der Waals surface area contributed by atoms with Gasteiger partial charge in [0.15, 0.2) is 5.78 Å². The molecule has 2 aromatic heterocycles. The first-order chi connectivity index (χ1) is 9.72. The second kappa shape index (κ2) is 6.15. The van der Waals surface area contributed by atoms with Crippen molar-refractivity contribution >= 4 is 33.0 Å². The number of hydrogen-bond donors (Lipinski definition) is 1. The van der Waals surface area contributed by atoms with Crippen molar-refractivity contribution in [3.63, 3.8) is 0 Å². The normalized spacial score (nSPS) is 16.4. The average Bonchev–Trinajstić information content (AvgIpc) is 3.09. The van der Waals surface area contributed by atoms with Gasteiger partial charge in [-0.05, 0) is 47.9 Å². The van der Waals surface area contributed by atoms with Crippen LogP contribution in [0.1, 0.15) is 34.2 Å². The highest BCUT2D eigenvalue weighted by molar-refractivity contribution is 9.10. The van der Waals surface area contributed by atoms with Gasteiger partial charge in [-0.3, -0.25) is 4.79 Å². The SMILES string of the molecule is O=C(Cc1cc(Br)cs1)c1cn(C2CCNCC2)nn1. The van der Waals surface area contributed by atoms with E-state index in [2.05, 4.69) is 31.6 Å². The van der Waals surface area contributed by atoms with Gasteiger partial charge >= 0.3 is 0 Å². The van der Waals surface area contributed by atoms with Crippen molar-refractivity contribution in [2.24, 2.45) is 0 Å². The highest BCUT2D eigenvalue weighted by atomic mass is 79.9. The van der Waals surface area contributed by atoms with Gasteiger partial charge in [0.2, 0.25) is 0 Å². The van der Waals surface area contributed by atoms with Crippen molar-refractivity contribution in [1.29, 1.82) is 0 Å². The Balaban J connectivity index is 1.67. The van der Waals surface area contributed by atoms with Gasteiger partial charge in [-0.1, -0.05) is 5.21 Å². The summed E-state index contributed by atoms with van der Waals surface area (Å²) in [4.78, 5) is 13.2. The first-order valence-electron chi connectivity index (χ1n) is 6.61. The third-order valence-corrected chi connectivity index (χ3v) is 5.13. The molecule has 2 aromatic rings. The Bertz CT molecular complexity index is 603. The van der Waals surface area contributed by atoms with Gasteiger partial charge in [-0.2, -0.15) is 0 Å². The number of thiophene rings is 1. The zero-order valence-electron chi connectivity index (χ0n) is 10.9. The van der Waals surface area contributed by atoms with Crippen LogP contribution in [-0.2, 0) is 6.42 Å². The fourth-order valence-electron chi connectivity index (χ4n) is 2.35. The number of nitrogens with one attached hydrogen (secondary N) is 1. The summed E-state index contributed by atoms with van der Waals surface area (Å²) in [7, 11) is 0. The Morgan fingerprint density at radius 3 is 3.00 bits per heavy atom. The monoisotopic (exact) mass is 354 g/mol. The Hall–Kier alpha value is -1.05. The molecule has 1 N–H and O–H groups in total. The lowest BCUT2D eigenvalue weighted by Gasteiger charge is -2.22. The molecule has 1 aliphatic heterocycles. The molecule has 0 aliphatic carbocycles. The summed E-state index contributed by atoms with van der Waals surface area (Å²) in [6.45, 7) is 1.99. The number of carbonyl (C=O) groups excluding carboxylic acids is 1. The Labute approximate surface area is 129 Å². The minimum absolute atomic E-state index is 0.0273. The van der Waals surface area contributed by atoms with Gasteiger partial charge in [0.1, 0.15) is 5.69 Å². The van der Waals surface area contributed by atoms with E-state index in [1.165, 1.54) is 0 Å². The maximum Gasteiger partial charge on any atom is 0.189 e. The number of rotatable bonds is 4. The summed E-state index contributed by atoms with van der Waals surface area (Å²) >= 11 is 4.97. The summed E-state index contributed by atoms with van der Waals surface area (Å²) in [5, 5.41) is 13.4. The van der Waals surface area contributed by atoms with Crippen molar-refractivity contribution < 1.29 is 4.79 Å². The fourth-order valence-corrected chi connectivity index (χ4v) is 3.80. The lowest BCUT2D eigenvalue weighted by Crippen LogP contribution is -2.29. The fraction of sp³-hybridized carbons (Fsp3) is 0.462. The average molecular weight is 355 g/mol. The van der Waals surface area contributed by atoms with Gasteiger partial charge in [0, 0.05) is 21.2 Å². The number of hydrogen-bond acceptors (Lipinski definition) is 5. The number of piperidine rings is 1. The molecule has 0 saturated carbocycles. The smallest absolute Gasteiger partial charge is 0.189 e. The molecule has 0 atom stereocenters. The van der Waals surface area contributed by atoms with E-state index in [1.807, 2.05) is 16.1 Å². The van der Waals surface area contributed by atoms with E-state index in [-0.39, 0.29) is 5.78 Å². The standard InChI is InChI=1S/C13H15BrN4OS/c14-9-5-11(20-8-9)6-13(19)12-7-18(17-16-12)10-1-3-15-4-2-10/h5,7-8,10,15H,1-4,6H2. The number of nitrogens with zero attached hydrogens (tertiary/aromatic N) is 3. The van der Waals surface area contributed by atoms with Crippen molar-refractivity contribution in [3.05, 3.63) is 32.7 Å². The lowest BCUT2D eigenvalue weighted by atomic mass is 10.1. The Morgan fingerprint density at radius 2 is 2.30 bits per heavy atom.